The van der Waals surface area contributed by atoms with E-state index in [1.165, 1.54) is 35.7 Å². The van der Waals surface area contributed by atoms with E-state index in [1.807, 2.05) is 0 Å². The van der Waals surface area contributed by atoms with Crippen molar-refractivity contribution in [3.63, 3.8) is 0 Å². The van der Waals surface area contributed by atoms with Crippen molar-refractivity contribution in [1.29, 1.82) is 0 Å². The molecule has 112 valence electrons. The second-order valence-corrected chi connectivity index (χ2v) is 6.14. The van der Waals surface area contributed by atoms with Crippen LogP contribution in [0.15, 0.2) is 42.5 Å². The van der Waals surface area contributed by atoms with Gasteiger partial charge in [0.15, 0.2) is 0 Å². The van der Waals surface area contributed by atoms with Crippen LogP contribution in [0.3, 0.4) is 0 Å². The Bertz CT molecular complexity index is 593. The Labute approximate surface area is 128 Å². The highest BCUT2D eigenvalue weighted by Gasteiger charge is 2.26. The quantitative estimate of drug-likeness (QED) is 0.904. The van der Waals surface area contributed by atoms with Gasteiger partial charge in [0.25, 0.3) is 0 Å². The van der Waals surface area contributed by atoms with Gasteiger partial charge in [0.1, 0.15) is 0 Å². The van der Waals surface area contributed by atoms with Crippen molar-refractivity contribution in [2.75, 3.05) is 18.0 Å². The van der Waals surface area contributed by atoms with Gasteiger partial charge in [0.05, 0.1) is 0 Å². The van der Waals surface area contributed by atoms with E-state index in [9.17, 15) is 0 Å². The van der Waals surface area contributed by atoms with Gasteiger partial charge in [-0.2, -0.15) is 0 Å². The predicted molar refractivity (Wildman–Crippen MR) is 92.1 cm³/mol. The van der Waals surface area contributed by atoms with Gasteiger partial charge in [-0.1, -0.05) is 50.6 Å². The van der Waals surface area contributed by atoms with E-state index in [-0.39, 0.29) is 0 Å². The molecule has 0 aliphatic carbocycles. The van der Waals surface area contributed by atoms with E-state index >= 15 is 0 Å². The Kier molecular flexibility index (Phi) is 4.45. The standard InChI is InChI=1S/C19H26N2/c1-3-7-17-14-21(18(4-2)13-20-17)19-11-10-15-8-5-6-9-16(15)12-19/h5-6,8-12,17-18,20H,3-4,7,13-14H2,1-2H3. The molecule has 1 saturated heterocycles. The zero-order valence-corrected chi connectivity index (χ0v) is 13.2. The molecule has 2 heteroatoms. The highest BCUT2D eigenvalue weighted by Crippen LogP contribution is 2.26. The number of anilines is 1. The minimum Gasteiger partial charge on any atom is -0.366 e. The van der Waals surface area contributed by atoms with E-state index in [2.05, 4.69) is 66.5 Å². The maximum absolute atomic E-state index is 3.72. The first-order valence-electron chi connectivity index (χ1n) is 8.30. The predicted octanol–water partition coefficient (Wildman–Crippen LogP) is 4.20. The van der Waals surface area contributed by atoms with Crippen LogP contribution in [-0.4, -0.2) is 25.2 Å². The molecule has 2 aromatic carbocycles. The molecule has 2 nitrogen and oxygen atoms in total. The molecule has 2 unspecified atom stereocenters. The summed E-state index contributed by atoms with van der Waals surface area (Å²) in [6.07, 6.45) is 3.71. The van der Waals surface area contributed by atoms with Crippen molar-refractivity contribution < 1.29 is 0 Å². The summed E-state index contributed by atoms with van der Waals surface area (Å²) in [4.78, 5) is 2.61. The monoisotopic (exact) mass is 282 g/mol. The highest BCUT2D eigenvalue weighted by atomic mass is 15.2. The molecule has 21 heavy (non-hydrogen) atoms. The second-order valence-electron chi connectivity index (χ2n) is 6.14. The largest absolute Gasteiger partial charge is 0.366 e. The van der Waals surface area contributed by atoms with Gasteiger partial charge in [-0.25, -0.2) is 0 Å². The average molecular weight is 282 g/mol. The number of hydrogen-bond donors (Lipinski definition) is 1. The molecule has 0 radical (unpaired) electrons. The van der Waals surface area contributed by atoms with Crippen molar-refractivity contribution >= 4 is 16.5 Å². The molecule has 1 aliphatic rings. The van der Waals surface area contributed by atoms with E-state index < -0.39 is 0 Å². The minimum atomic E-state index is 0.610. The van der Waals surface area contributed by atoms with Crippen molar-refractivity contribution in [1.82, 2.24) is 5.32 Å². The summed E-state index contributed by atoms with van der Waals surface area (Å²) in [7, 11) is 0. The summed E-state index contributed by atoms with van der Waals surface area (Å²) in [5.74, 6) is 0. The molecular formula is C19H26N2. The topological polar surface area (TPSA) is 15.3 Å². The Morgan fingerprint density at radius 1 is 1.10 bits per heavy atom. The smallest absolute Gasteiger partial charge is 0.0412 e. The first-order valence-corrected chi connectivity index (χ1v) is 8.30. The number of rotatable bonds is 4. The maximum Gasteiger partial charge on any atom is 0.0412 e. The zero-order chi connectivity index (χ0) is 14.7. The van der Waals surface area contributed by atoms with E-state index in [0.29, 0.717) is 12.1 Å². The number of fused-ring (bicyclic) bond motifs is 1. The van der Waals surface area contributed by atoms with E-state index in [1.54, 1.807) is 0 Å². The number of benzene rings is 2. The van der Waals surface area contributed by atoms with Crippen LogP contribution in [0.2, 0.25) is 0 Å². The number of nitrogens with zero attached hydrogens (tertiary/aromatic N) is 1. The average Bonchev–Trinajstić information content (AvgIpc) is 2.54. The third-order valence-corrected chi connectivity index (χ3v) is 4.67. The molecule has 1 fully saturated rings. The normalized spacial score (nSPS) is 22.7. The molecule has 0 aromatic heterocycles. The van der Waals surface area contributed by atoms with Crippen molar-refractivity contribution in [2.24, 2.45) is 0 Å². The lowest BCUT2D eigenvalue weighted by atomic mass is 10.0. The third-order valence-electron chi connectivity index (χ3n) is 4.67. The molecule has 2 atom stereocenters. The van der Waals surface area contributed by atoms with E-state index in [0.717, 1.165) is 13.1 Å². The lowest BCUT2D eigenvalue weighted by molar-refractivity contribution is 0.369. The van der Waals surface area contributed by atoms with Crippen LogP contribution in [0.1, 0.15) is 33.1 Å². The Balaban J connectivity index is 1.89. The maximum atomic E-state index is 3.72. The van der Waals surface area contributed by atoms with Crippen LogP contribution in [0, 0.1) is 0 Å². The van der Waals surface area contributed by atoms with Gasteiger partial charge < -0.3 is 10.2 Å². The summed E-state index contributed by atoms with van der Waals surface area (Å²) >= 11 is 0. The summed E-state index contributed by atoms with van der Waals surface area (Å²) in [5, 5.41) is 6.39. The molecule has 2 aromatic rings. The first kappa shape index (κ1) is 14.4. The lowest BCUT2D eigenvalue weighted by Gasteiger charge is -2.42. The molecule has 1 aliphatic heterocycles. The SMILES string of the molecule is CCCC1CN(c2ccc3ccccc3c2)C(CC)CN1. The van der Waals surface area contributed by atoms with Crippen molar-refractivity contribution in [3.05, 3.63) is 42.5 Å². The van der Waals surface area contributed by atoms with E-state index in [4.69, 9.17) is 0 Å². The van der Waals surface area contributed by atoms with Crippen LogP contribution in [0.5, 0.6) is 0 Å². The number of piperazine rings is 1. The van der Waals surface area contributed by atoms with Crippen LogP contribution < -0.4 is 10.2 Å². The molecule has 0 amide bonds. The molecular weight excluding hydrogens is 256 g/mol. The zero-order valence-electron chi connectivity index (χ0n) is 13.2. The fraction of sp³-hybridized carbons (Fsp3) is 0.474. The van der Waals surface area contributed by atoms with Crippen molar-refractivity contribution in [3.8, 4) is 0 Å². The van der Waals surface area contributed by atoms with Crippen LogP contribution in [0.25, 0.3) is 10.8 Å². The Morgan fingerprint density at radius 2 is 1.90 bits per heavy atom. The number of nitrogens with one attached hydrogen (secondary N) is 1. The van der Waals surface area contributed by atoms with Crippen LogP contribution >= 0.6 is 0 Å². The summed E-state index contributed by atoms with van der Waals surface area (Å²) in [6, 6.07) is 16.8. The minimum absolute atomic E-state index is 0.610. The van der Waals surface area contributed by atoms with Crippen molar-refractivity contribution in [2.45, 2.75) is 45.2 Å². The summed E-state index contributed by atoms with van der Waals surface area (Å²) < 4.78 is 0. The Morgan fingerprint density at radius 3 is 2.67 bits per heavy atom. The first-order chi connectivity index (χ1) is 10.3. The van der Waals surface area contributed by atoms with Gasteiger partial charge in [-0.3, -0.25) is 0 Å². The molecule has 0 saturated carbocycles. The lowest BCUT2D eigenvalue weighted by Crippen LogP contribution is -2.56. The number of hydrogen-bond acceptors (Lipinski definition) is 2. The molecule has 0 bridgehead atoms. The Hall–Kier alpha value is -1.54. The molecule has 1 N–H and O–H groups in total. The second kappa shape index (κ2) is 6.48. The molecule has 1 heterocycles. The highest BCUT2D eigenvalue weighted by molar-refractivity contribution is 5.85. The van der Waals surface area contributed by atoms with Gasteiger partial charge in [-0.15, -0.1) is 0 Å². The summed E-state index contributed by atoms with van der Waals surface area (Å²) in [5.41, 5.74) is 1.38. The van der Waals surface area contributed by atoms with Gasteiger partial charge in [0, 0.05) is 30.9 Å². The van der Waals surface area contributed by atoms with Gasteiger partial charge in [-0.05, 0) is 35.7 Å². The molecule has 0 spiro atoms. The van der Waals surface area contributed by atoms with Gasteiger partial charge >= 0.3 is 0 Å². The van der Waals surface area contributed by atoms with Gasteiger partial charge in [0.2, 0.25) is 0 Å². The molecule has 3 rings (SSSR count). The fourth-order valence-corrected chi connectivity index (χ4v) is 3.44. The van der Waals surface area contributed by atoms with Crippen LogP contribution in [0.4, 0.5) is 5.69 Å². The third kappa shape index (κ3) is 3.06. The fourth-order valence-electron chi connectivity index (χ4n) is 3.44. The summed E-state index contributed by atoms with van der Waals surface area (Å²) in [6.45, 7) is 6.80. The van der Waals surface area contributed by atoms with Crippen LogP contribution in [-0.2, 0) is 0 Å².